The fourth-order valence-electron chi connectivity index (χ4n) is 2.37. The summed E-state index contributed by atoms with van der Waals surface area (Å²) in [6, 6.07) is 3.63. The number of hydrogen-bond acceptors (Lipinski definition) is 4. The van der Waals surface area contributed by atoms with E-state index in [0.29, 0.717) is 24.1 Å². The first-order valence-corrected chi connectivity index (χ1v) is 8.19. The summed E-state index contributed by atoms with van der Waals surface area (Å²) in [6.07, 6.45) is 3.97. The number of halogens is 2. The number of rotatable bonds is 8. The van der Waals surface area contributed by atoms with Gasteiger partial charge in [0, 0.05) is 13.1 Å². The quantitative estimate of drug-likeness (QED) is 0.746. The Morgan fingerprint density at radius 2 is 1.95 bits per heavy atom. The van der Waals surface area contributed by atoms with Crippen molar-refractivity contribution in [2.75, 3.05) is 26.2 Å². The normalized spacial score (nSPS) is 16.9. The molecule has 0 radical (unpaired) electrons. The van der Waals surface area contributed by atoms with Crippen LogP contribution in [0.5, 0.6) is 0 Å². The van der Waals surface area contributed by atoms with Gasteiger partial charge in [0.15, 0.2) is 0 Å². The van der Waals surface area contributed by atoms with E-state index in [1.807, 2.05) is 6.07 Å². The minimum atomic E-state index is -2.34. The van der Waals surface area contributed by atoms with E-state index in [4.69, 9.17) is 4.42 Å². The van der Waals surface area contributed by atoms with Crippen molar-refractivity contribution >= 4 is 11.8 Å². The van der Waals surface area contributed by atoms with E-state index in [-0.39, 0.29) is 5.75 Å². The van der Waals surface area contributed by atoms with Crippen molar-refractivity contribution in [1.82, 2.24) is 10.2 Å². The van der Waals surface area contributed by atoms with Crippen LogP contribution in [-0.4, -0.2) is 36.8 Å². The summed E-state index contributed by atoms with van der Waals surface area (Å²) in [4.78, 5) is 2.48. The van der Waals surface area contributed by atoms with Gasteiger partial charge in [0.25, 0.3) is 5.76 Å². The largest absolute Gasteiger partial charge is 0.464 e. The van der Waals surface area contributed by atoms with E-state index in [0.717, 1.165) is 18.8 Å². The molecule has 6 heteroatoms. The van der Waals surface area contributed by atoms with Crippen molar-refractivity contribution in [1.29, 1.82) is 0 Å². The molecule has 3 nitrogen and oxygen atoms in total. The highest BCUT2D eigenvalue weighted by Gasteiger charge is 2.09. The average molecular weight is 304 g/mol. The molecule has 1 N–H and O–H groups in total. The maximum absolute atomic E-state index is 12.1. The van der Waals surface area contributed by atoms with Crippen LogP contribution in [0.2, 0.25) is 0 Å². The Hall–Kier alpha value is -0.590. The van der Waals surface area contributed by atoms with Crippen molar-refractivity contribution in [3.05, 3.63) is 23.7 Å². The Balaban J connectivity index is 1.59. The maximum atomic E-state index is 12.1. The summed E-state index contributed by atoms with van der Waals surface area (Å²) < 4.78 is 29.6. The Morgan fingerprint density at radius 3 is 2.70 bits per heavy atom. The van der Waals surface area contributed by atoms with Crippen LogP contribution in [0.3, 0.4) is 0 Å². The molecular formula is C14H22F2N2OS. The van der Waals surface area contributed by atoms with Crippen molar-refractivity contribution in [2.45, 2.75) is 37.3 Å². The zero-order chi connectivity index (χ0) is 14.2. The Labute approximate surface area is 123 Å². The van der Waals surface area contributed by atoms with Crippen LogP contribution in [0, 0.1) is 0 Å². The van der Waals surface area contributed by atoms with Gasteiger partial charge in [-0.2, -0.15) is 8.78 Å². The number of furan rings is 1. The lowest BCUT2D eigenvalue weighted by Crippen LogP contribution is -2.35. The van der Waals surface area contributed by atoms with Gasteiger partial charge in [0.1, 0.15) is 11.5 Å². The molecule has 0 unspecified atom stereocenters. The van der Waals surface area contributed by atoms with E-state index in [1.54, 1.807) is 6.07 Å². The van der Waals surface area contributed by atoms with Crippen molar-refractivity contribution < 1.29 is 13.2 Å². The predicted octanol–water partition coefficient (Wildman–Crippen LogP) is 3.31. The van der Waals surface area contributed by atoms with Crippen molar-refractivity contribution in [3.63, 3.8) is 0 Å². The lowest BCUT2D eigenvalue weighted by Gasteiger charge is -2.26. The van der Waals surface area contributed by atoms with Crippen LogP contribution < -0.4 is 5.32 Å². The number of nitrogens with one attached hydrogen (secondary N) is 1. The molecule has 114 valence electrons. The zero-order valence-corrected chi connectivity index (χ0v) is 12.4. The number of alkyl halides is 2. The lowest BCUT2D eigenvalue weighted by molar-refractivity contribution is 0.228. The van der Waals surface area contributed by atoms with Gasteiger partial charge in [0.2, 0.25) is 0 Å². The van der Waals surface area contributed by atoms with Crippen LogP contribution in [-0.2, 0) is 12.3 Å². The maximum Gasteiger partial charge on any atom is 0.284 e. The van der Waals surface area contributed by atoms with Crippen LogP contribution in [0.4, 0.5) is 8.78 Å². The molecule has 1 aliphatic heterocycles. The number of likely N-dealkylation sites (tertiary alicyclic amines) is 1. The van der Waals surface area contributed by atoms with Crippen molar-refractivity contribution in [3.8, 4) is 0 Å². The van der Waals surface area contributed by atoms with E-state index >= 15 is 0 Å². The molecule has 0 spiro atoms. The third-order valence-electron chi connectivity index (χ3n) is 3.42. The molecule has 0 bridgehead atoms. The molecule has 0 amide bonds. The lowest BCUT2D eigenvalue weighted by atomic mass is 10.1. The van der Waals surface area contributed by atoms with Crippen LogP contribution >= 0.6 is 11.8 Å². The Kier molecular flexibility index (Phi) is 6.82. The summed E-state index contributed by atoms with van der Waals surface area (Å²) in [6.45, 7) is 5.07. The fourth-order valence-corrected chi connectivity index (χ4v) is 2.82. The molecule has 2 rings (SSSR count). The number of thioether (sulfide) groups is 1. The Bertz CT molecular complexity index is 381. The van der Waals surface area contributed by atoms with E-state index in [1.165, 1.54) is 32.4 Å². The number of piperidine rings is 1. The van der Waals surface area contributed by atoms with Crippen molar-refractivity contribution in [2.24, 2.45) is 0 Å². The molecule has 1 aromatic rings. The molecule has 2 heterocycles. The second-order valence-corrected chi connectivity index (χ2v) is 6.00. The van der Waals surface area contributed by atoms with Crippen LogP contribution in [0.1, 0.15) is 30.8 Å². The van der Waals surface area contributed by atoms with Crippen LogP contribution in [0.15, 0.2) is 16.5 Å². The van der Waals surface area contributed by atoms with E-state index < -0.39 is 5.76 Å². The smallest absolute Gasteiger partial charge is 0.284 e. The number of hydrogen-bond donors (Lipinski definition) is 1. The molecule has 20 heavy (non-hydrogen) atoms. The second kappa shape index (κ2) is 8.64. The molecule has 1 aliphatic rings. The monoisotopic (exact) mass is 304 g/mol. The average Bonchev–Trinajstić information content (AvgIpc) is 2.90. The third-order valence-corrected chi connectivity index (χ3v) is 4.12. The topological polar surface area (TPSA) is 28.4 Å². The minimum Gasteiger partial charge on any atom is -0.464 e. The van der Waals surface area contributed by atoms with Gasteiger partial charge in [-0.05, 0) is 38.1 Å². The predicted molar refractivity (Wildman–Crippen MR) is 78.0 cm³/mol. The van der Waals surface area contributed by atoms with E-state index in [9.17, 15) is 8.78 Å². The van der Waals surface area contributed by atoms with Gasteiger partial charge in [-0.25, -0.2) is 0 Å². The molecule has 0 aliphatic carbocycles. The number of nitrogens with zero attached hydrogens (tertiary/aromatic N) is 1. The standard InChI is InChI=1S/C14H22F2N2OS/c15-14(16)20-11-13-5-4-12(19-13)10-17-6-9-18-7-2-1-3-8-18/h4-5,14,17H,1-3,6-11H2. The van der Waals surface area contributed by atoms with Gasteiger partial charge < -0.3 is 14.6 Å². The molecule has 1 aromatic heterocycles. The minimum absolute atomic E-state index is 0.228. The summed E-state index contributed by atoms with van der Waals surface area (Å²) in [7, 11) is 0. The first-order chi connectivity index (χ1) is 9.74. The highest BCUT2D eigenvalue weighted by molar-refractivity contribution is 7.98. The third kappa shape index (κ3) is 5.81. The summed E-state index contributed by atoms with van der Waals surface area (Å²) in [5.74, 6) is -0.686. The van der Waals surface area contributed by atoms with Gasteiger partial charge in [-0.1, -0.05) is 18.2 Å². The first-order valence-electron chi connectivity index (χ1n) is 7.14. The first kappa shape index (κ1) is 15.8. The van der Waals surface area contributed by atoms with Gasteiger partial charge >= 0.3 is 0 Å². The highest BCUT2D eigenvalue weighted by atomic mass is 32.2. The zero-order valence-electron chi connectivity index (χ0n) is 11.6. The van der Waals surface area contributed by atoms with Gasteiger partial charge in [-0.15, -0.1) is 0 Å². The summed E-state index contributed by atoms with van der Waals surface area (Å²) in [5.41, 5.74) is 0. The van der Waals surface area contributed by atoms with Gasteiger partial charge in [0.05, 0.1) is 12.3 Å². The molecule has 1 saturated heterocycles. The van der Waals surface area contributed by atoms with Gasteiger partial charge in [-0.3, -0.25) is 0 Å². The molecular weight excluding hydrogens is 282 g/mol. The highest BCUT2D eigenvalue weighted by Crippen LogP contribution is 2.21. The molecule has 0 atom stereocenters. The summed E-state index contributed by atoms with van der Waals surface area (Å²) >= 11 is 0.591. The SMILES string of the molecule is FC(F)SCc1ccc(CNCCN2CCCCC2)o1. The molecule has 0 aromatic carbocycles. The second-order valence-electron chi connectivity index (χ2n) is 5.02. The molecule has 0 saturated carbocycles. The fraction of sp³-hybridized carbons (Fsp3) is 0.714. The van der Waals surface area contributed by atoms with Crippen LogP contribution in [0.25, 0.3) is 0 Å². The summed E-state index contributed by atoms with van der Waals surface area (Å²) in [5, 5.41) is 3.34. The Morgan fingerprint density at radius 1 is 1.20 bits per heavy atom. The molecule has 1 fully saturated rings. The van der Waals surface area contributed by atoms with E-state index in [2.05, 4.69) is 10.2 Å².